The molecule has 3 nitrogen and oxygen atoms in total. The number of aliphatic hydroxyl groups excluding tert-OH is 1. The largest absolute Gasteiger partial charge is 0.413 e. The van der Waals surface area contributed by atoms with Crippen molar-refractivity contribution in [2.24, 2.45) is 17.8 Å². The molecule has 0 amide bonds. The molecule has 0 unspecified atom stereocenters. The van der Waals surface area contributed by atoms with E-state index in [0.29, 0.717) is 5.92 Å². The summed E-state index contributed by atoms with van der Waals surface area (Å²) in [5.74, 6) is 4.37. The normalized spacial score (nSPS) is 24.5. The van der Waals surface area contributed by atoms with Gasteiger partial charge >= 0.3 is 0 Å². The molecular weight excluding hydrogens is 517 g/mol. The highest BCUT2D eigenvalue weighted by atomic mass is 28.4. The molecule has 6 heteroatoms. The molecule has 1 saturated carbocycles. The number of rotatable bonds is 12. The van der Waals surface area contributed by atoms with E-state index in [1.165, 1.54) is 19.3 Å². The molecule has 0 aromatic rings. The molecule has 1 aliphatic carbocycles. The highest BCUT2D eigenvalue weighted by Gasteiger charge is 2.47. The molecule has 0 spiro atoms. The van der Waals surface area contributed by atoms with Crippen LogP contribution in [-0.2, 0) is 8.85 Å². The molecule has 0 aromatic heterocycles. The summed E-state index contributed by atoms with van der Waals surface area (Å²) in [5.41, 5.74) is 3.58. The van der Waals surface area contributed by atoms with Crippen molar-refractivity contribution in [1.82, 2.24) is 0 Å². The number of hydrogen-bond donors (Lipinski definition) is 1. The Morgan fingerprint density at radius 3 is 1.97 bits per heavy atom. The zero-order valence-corrected chi connectivity index (χ0v) is 30.8. The Bertz CT molecular complexity index is 803. The average Bonchev–Trinajstić information content (AvgIpc) is 3.05. The zero-order valence-electron chi connectivity index (χ0n) is 27.8. The van der Waals surface area contributed by atoms with E-state index in [2.05, 4.69) is 118 Å². The van der Waals surface area contributed by atoms with Gasteiger partial charge in [-0.25, -0.2) is 0 Å². The van der Waals surface area contributed by atoms with E-state index in [0.717, 1.165) is 19.3 Å². The second-order valence-corrected chi connectivity index (χ2v) is 30.2. The lowest BCUT2D eigenvalue weighted by atomic mass is 9.86. The smallest absolute Gasteiger partial charge is 0.192 e. The van der Waals surface area contributed by atoms with Crippen LogP contribution < -0.4 is 0 Å². The van der Waals surface area contributed by atoms with Crippen LogP contribution in [0.2, 0.25) is 55.9 Å². The van der Waals surface area contributed by atoms with Gasteiger partial charge in [0.25, 0.3) is 0 Å². The van der Waals surface area contributed by atoms with Crippen molar-refractivity contribution < 1.29 is 14.0 Å². The van der Waals surface area contributed by atoms with E-state index >= 15 is 0 Å². The van der Waals surface area contributed by atoms with Gasteiger partial charge in [-0.05, 0) is 60.9 Å². The molecule has 1 rings (SSSR count). The van der Waals surface area contributed by atoms with Gasteiger partial charge in [-0.15, -0.1) is 11.5 Å². The minimum atomic E-state index is -1.96. The third-order valence-electron chi connectivity index (χ3n) is 9.24. The molecule has 0 aliphatic heterocycles. The Morgan fingerprint density at radius 2 is 1.50 bits per heavy atom. The number of hydrogen-bond acceptors (Lipinski definition) is 3. The average molecular weight is 581 g/mol. The van der Waals surface area contributed by atoms with Crippen molar-refractivity contribution in [3.63, 3.8) is 0 Å². The Hall–Kier alpha value is -0.169. The van der Waals surface area contributed by atoms with Crippen LogP contribution in [0, 0.1) is 29.2 Å². The molecule has 1 aliphatic rings. The van der Waals surface area contributed by atoms with E-state index in [9.17, 15) is 5.11 Å². The lowest BCUT2D eigenvalue weighted by Crippen LogP contribution is -2.45. The van der Waals surface area contributed by atoms with Gasteiger partial charge in [0.2, 0.25) is 0 Å². The van der Waals surface area contributed by atoms with E-state index in [1.54, 1.807) is 0 Å². The fourth-order valence-electron chi connectivity index (χ4n) is 4.71. The fourth-order valence-corrected chi connectivity index (χ4v) is 8.02. The monoisotopic (exact) mass is 580 g/mol. The second kappa shape index (κ2) is 14.1. The van der Waals surface area contributed by atoms with Crippen molar-refractivity contribution in [3.8, 4) is 11.5 Å². The molecule has 1 fully saturated rings. The van der Waals surface area contributed by atoms with Crippen LogP contribution in [0.4, 0.5) is 0 Å². The quantitative estimate of drug-likeness (QED) is 0.108. The standard InChI is InChI=1S/C32H64O3Si3/c1-15-16-17-19-27(34-37(11,12)31(2,3)4)21-22-29-28(20-18-23-36(8,9)10)26(25-33)24-30(29)35-38(13,14)32(5,6)7/h21-22,26-30,33H,15-17,19-20,24-25H2,1-14H3/b22-21+/t26-,27+,28-,29-,30-/m1/s1. The molecule has 5 atom stereocenters. The van der Waals surface area contributed by atoms with Crippen molar-refractivity contribution in [3.05, 3.63) is 12.2 Å². The lowest BCUT2D eigenvalue weighted by Gasteiger charge is -2.40. The molecule has 38 heavy (non-hydrogen) atoms. The summed E-state index contributed by atoms with van der Waals surface area (Å²) in [5, 5.41) is 10.8. The van der Waals surface area contributed by atoms with Gasteiger partial charge in [-0.1, -0.05) is 99.5 Å². The van der Waals surface area contributed by atoms with E-state index in [-0.39, 0.29) is 40.7 Å². The minimum Gasteiger partial charge on any atom is -0.413 e. The Morgan fingerprint density at radius 1 is 0.921 bits per heavy atom. The summed E-state index contributed by atoms with van der Waals surface area (Å²) < 4.78 is 14.0. The topological polar surface area (TPSA) is 38.7 Å². The summed E-state index contributed by atoms with van der Waals surface area (Å²) >= 11 is 0. The predicted octanol–water partition coefficient (Wildman–Crippen LogP) is 9.42. The molecule has 0 aromatic carbocycles. The first kappa shape index (κ1) is 35.9. The molecule has 0 heterocycles. The van der Waals surface area contributed by atoms with Gasteiger partial charge in [0.05, 0.1) is 12.2 Å². The Labute approximate surface area is 241 Å². The summed E-state index contributed by atoms with van der Waals surface area (Å²) in [6.45, 7) is 32.7. The van der Waals surface area contributed by atoms with Gasteiger partial charge < -0.3 is 14.0 Å². The summed E-state index contributed by atoms with van der Waals surface area (Å²) in [6, 6.07) is 0. The van der Waals surface area contributed by atoms with E-state index < -0.39 is 24.7 Å². The van der Waals surface area contributed by atoms with Gasteiger partial charge in [-0.3, -0.25) is 0 Å². The summed E-state index contributed by atoms with van der Waals surface area (Å²) in [6.07, 6.45) is 11.6. The van der Waals surface area contributed by atoms with Crippen LogP contribution in [0.25, 0.3) is 0 Å². The molecule has 0 saturated heterocycles. The van der Waals surface area contributed by atoms with E-state index in [1.807, 2.05) is 0 Å². The van der Waals surface area contributed by atoms with Crippen molar-refractivity contribution in [2.45, 2.75) is 155 Å². The SMILES string of the molecule is CCCCC[C@@H](/C=C/[C@@H]1[C@H](CC#C[Si](C)(C)C)[C@@H](CO)C[C@H]1O[Si](C)(C)C(C)(C)C)O[Si](C)(C)C(C)(C)C. The highest BCUT2D eigenvalue weighted by molar-refractivity contribution is 6.83. The molecular formula is C32H64O3Si3. The maximum absolute atomic E-state index is 10.4. The van der Waals surface area contributed by atoms with Gasteiger partial charge in [0.1, 0.15) is 8.07 Å². The Balaban J connectivity index is 3.40. The zero-order chi connectivity index (χ0) is 29.6. The van der Waals surface area contributed by atoms with Crippen molar-refractivity contribution in [1.29, 1.82) is 0 Å². The highest BCUT2D eigenvalue weighted by Crippen LogP contribution is 2.46. The predicted molar refractivity (Wildman–Crippen MR) is 175 cm³/mol. The number of aliphatic hydroxyl groups is 1. The first-order valence-corrected chi connectivity index (χ1v) is 24.6. The van der Waals surface area contributed by atoms with Gasteiger partial charge in [0, 0.05) is 18.9 Å². The van der Waals surface area contributed by atoms with Crippen LogP contribution in [0.15, 0.2) is 12.2 Å². The van der Waals surface area contributed by atoms with Crippen LogP contribution in [-0.4, -0.2) is 48.6 Å². The van der Waals surface area contributed by atoms with Crippen LogP contribution in [0.3, 0.4) is 0 Å². The van der Waals surface area contributed by atoms with Gasteiger partial charge in [-0.2, -0.15) is 0 Å². The van der Waals surface area contributed by atoms with Crippen LogP contribution in [0.1, 0.15) is 87.0 Å². The Kier molecular flexibility index (Phi) is 13.3. The van der Waals surface area contributed by atoms with Gasteiger partial charge in [0.15, 0.2) is 16.6 Å². The van der Waals surface area contributed by atoms with E-state index in [4.69, 9.17) is 8.85 Å². The molecule has 222 valence electrons. The van der Waals surface area contributed by atoms with Crippen molar-refractivity contribution in [2.75, 3.05) is 6.61 Å². The first-order valence-electron chi connectivity index (χ1n) is 15.3. The molecule has 0 bridgehead atoms. The second-order valence-electron chi connectivity index (χ2n) is 15.9. The van der Waals surface area contributed by atoms with Crippen LogP contribution >= 0.6 is 0 Å². The summed E-state index contributed by atoms with van der Waals surface area (Å²) in [4.78, 5) is 0. The minimum absolute atomic E-state index is 0.132. The number of unbranched alkanes of at least 4 members (excludes halogenated alkanes) is 2. The fraction of sp³-hybridized carbons (Fsp3) is 0.875. The third kappa shape index (κ3) is 11.0. The molecule has 1 N–H and O–H groups in total. The first-order chi connectivity index (χ1) is 17.1. The molecule has 0 radical (unpaired) electrons. The lowest BCUT2D eigenvalue weighted by molar-refractivity contribution is 0.147. The summed E-state index contributed by atoms with van der Waals surface area (Å²) in [7, 11) is -5.30. The van der Waals surface area contributed by atoms with Crippen molar-refractivity contribution >= 4 is 24.7 Å². The third-order valence-corrected chi connectivity index (χ3v) is 19.2. The maximum Gasteiger partial charge on any atom is 0.192 e. The van der Waals surface area contributed by atoms with Crippen LogP contribution in [0.5, 0.6) is 0 Å². The maximum atomic E-state index is 10.4.